The van der Waals surface area contributed by atoms with Gasteiger partial charge >= 0.3 is 0 Å². The number of thioether (sulfide) groups is 1. The summed E-state index contributed by atoms with van der Waals surface area (Å²) in [4.78, 5) is 5.78. The van der Waals surface area contributed by atoms with Crippen molar-refractivity contribution in [1.29, 1.82) is 0 Å². The predicted octanol–water partition coefficient (Wildman–Crippen LogP) is 4.74. The highest BCUT2D eigenvalue weighted by atomic mass is 32.2. The molecule has 0 bridgehead atoms. The summed E-state index contributed by atoms with van der Waals surface area (Å²) in [6.45, 7) is 2.22. The van der Waals surface area contributed by atoms with Gasteiger partial charge in [-0.05, 0) is 30.7 Å². The molecule has 1 aromatic heterocycles. The molecule has 0 N–H and O–H groups in total. The van der Waals surface area contributed by atoms with Gasteiger partial charge in [0.1, 0.15) is 0 Å². The van der Waals surface area contributed by atoms with Crippen molar-refractivity contribution < 1.29 is 0 Å². The summed E-state index contributed by atoms with van der Waals surface area (Å²) in [6, 6.07) is 18.8. The zero-order valence-corrected chi connectivity index (χ0v) is 11.7. The highest BCUT2D eigenvalue weighted by Crippen LogP contribution is 2.35. The Labute approximate surface area is 117 Å². The first kappa shape index (κ1) is 12.3. The number of nitrogens with zero attached hydrogens (tertiary/aromatic N) is 2. The molecule has 0 saturated heterocycles. The fourth-order valence-corrected chi connectivity index (χ4v) is 3.28. The summed E-state index contributed by atoms with van der Waals surface area (Å²) in [5.74, 6) is 0. The van der Waals surface area contributed by atoms with E-state index in [1.165, 1.54) is 10.4 Å². The first-order valence-electron chi connectivity index (χ1n) is 6.52. The maximum atomic E-state index is 4.48. The zero-order valence-electron chi connectivity index (χ0n) is 10.9. The Hall–Kier alpha value is -1.74. The van der Waals surface area contributed by atoms with Gasteiger partial charge in [-0.3, -0.25) is 0 Å². The van der Waals surface area contributed by atoms with Gasteiger partial charge in [0.05, 0.1) is 22.7 Å². The summed E-state index contributed by atoms with van der Waals surface area (Å²) in [5, 5.41) is 0.384. The van der Waals surface area contributed by atoms with Crippen molar-refractivity contribution in [2.24, 2.45) is 0 Å². The number of para-hydroxylation sites is 2. The van der Waals surface area contributed by atoms with E-state index in [0.29, 0.717) is 5.37 Å². The van der Waals surface area contributed by atoms with E-state index in [4.69, 9.17) is 0 Å². The second-order valence-corrected chi connectivity index (χ2v) is 5.69. The van der Waals surface area contributed by atoms with Crippen molar-refractivity contribution in [3.63, 3.8) is 0 Å². The average molecular weight is 268 g/mol. The molecule has 3 aromatic rings. The van der Waals surface area contributed by atoms with Crippen molar-refractivity contribution in [2.45, 2.75) is 23.6 Å². The molecule has 3 rings (SSSR count). The lowest BCUT2D eigenvalue weighted by Gasteiger charge is -2.17. The molecule has 1 heterocycles. The summed E-state index contributed by atoms with van der Waals surface area (Å²) in [5.41, 5.74) is 2.27. The van der Waals surface area contributed by atoms with Crippen LogP contribution < -0.4 is 0 Å². The third kappa shape index (κ3) is 2.51. The Morgan fingerprint density at radius 2 is 1.79 bits per heavy atom. The lowest BCUT2D eigenvalue weighted by atomic mass is 10.3. The van der Waals surface area contributed by atoms with Crippen LogP contribution in [0.3, 0.4) is 0 Å². The number of fused-ring (bicyclic) bond motifs is 1. The number of rotatable bonds is 4. The van der Waals surface area contributed by atoms with Crippen molar-refractivity contribution in [1.82, 2.24) is 9.55 Å². The van der Waals surface area contributed by atoms with Crippen LogP contribution in [0.15, 0.2) is 65.8 Å². The molecule has 0 amide bonds. The Balaban J connectivity index is 1.94. The van der Waals surface area contributed by atoms with E-state index in [9.17, 15) is 0 Å². The number of hydrogen-bond acceptors (Lipinski definition) is 2. The molecule has 0 aliphatic heterocycles. The lowest BCUT2D eigenvalue weighted by molar-refractivity contribution is 0.675. The molecule has 2 nitrogen and oxygen atoms in total. The quantitative estimate of drug-likeness (QED) is 0.636. The third-order valence-corrected chi connectivity index (χ3v) is 4.53. The van der Waals surface area contributed by atoms with Gasteiger partial charge in [-0.25, -0.2) is 4.98 Å². The Kier molecular flexibility index (Phi) is 3.56. The van der Waals surface area contributed by atoms with Gasteiger partial charge in [0.15, 0.2) is 0 Å². The molecule has 1 unspecified atom stereocenters. The Bertz CT molecular complexity index is 661. The van der Waals surface area contributed by atoms with Crippen molar-refractivity contribution in [3.05, 3.63) is 60.9 Å². The summed E-state index contributed by atoms with van der Waals surface area (Å²) >= 11 is 1.88. The summed E-state index contributed by atoms with van der Waals surface area (Å²) in [6.07, 6.45) is 3.02. The topological polar surface area (TPSA) is 17.8 Å². The van der Waals surface area contributed by atoms with E-state index in [1.54, 1.807) is 0 Å². The molecule has 0 fully saturated rings. The van der Waals surface area contributed by atoms with Crippen LogP contribution >= 0.6 is 11.8 Å². The molecule has 0 saturated carbocycles. The van der Waals surface area contributed by atoms with Crippen LogP contribution in [0, 0.1) is 0 Å². The van der Waals surface area contributed by atoms with Gasteiger partial charge < -0.3 is 4.57 Å². The minimum atomic E-state index is 0.384. The molecule has 2 aromatic carbocycles. The molecule has 96 valence electrons. The molecule has 1 atom stereocenters. The average Bonchev–Trinajstić information content (AvgIpc) is 2.90. The first-order chi connectivity index (χ1) is 9.38. The largest absolute Gasteiger partial charge is 0.318 e. The minimum absolute atomic E-state index is 0.384. The minimum Gasteiger partial charge on any atom is -0.318 e. The van der Waals surface area contributed by atoms with Crippen LogP contribution in [0.25, 0.3) is 11.0 Å². The predicted molar refractivity (Wildman–Crippen MR) is 81.4 cm³/mol. The van der Waals surface area contributed by atoms with Crippen LogP contribution in [0.2, 0.25) is 0 Å². The first-order valence-corrected chi connectivity index (χ1v) is 7.39. The van der Waals surface area contributed by atoms with Crippen molar-refractivity contribution in [2.75, 3.05) is 0 Å². The van der Waals surface area contributed by atoms with E-state index in [1.807, 2.05) is 24.2 Å². The second-order valence-electron chi connectivity index (χ2n) is 4.43. The monoisotopic (exact) mass is 268 g/mol. The highest BCUT2D eigenvalue weighted by molar-refractivity contribution is 7.99. The molecular weight excluding hydrogens is 252 g/mol. The maximum Gasteiger partial charge on any atom is 0.0968 e. The van der Waals surface area contributed by atoms with Crippen LogP contribution in [0.4, 0.5) is 0 Å². The van der Waals surface area contributed by atoms with E-state index in [0.717, 1.165) is 11.9 Å². The molecular formula is C16H16N2S. The van der Waals surface area contributed by atoms with Gasteiger partial charge in [-0.2, -0.15) is 0 Å². The van der Waals surface area contributed by atoms with E-state index in [2.05, 4.69) is 65.0 Å². The van der Waals surface area contributed by atoms with Crippen LogP contribution in [0.5, 0.6) is 0 Å². The van der Waals surface area contributed by atoms with Gasteiger partial charge in [0, 0.05) is 4.90 Å². The summed E-state index contributed by atoms with van der Waals surface area (Å²) in [7, 11) is 0. The molecule has 3 heteroatoms. The van der Waals surface area contributed by atoms with Gasteiger partial charge in [-0.15, -0.1) is 11.8 Å². The number of benzene rings is 2. The Morgan fingerprint density at radius 3 is 2.58 bits per heavy atom. The number of imidazole rings is 1. The molecule has 0 spiro atoms. The standard InChI is InChI=1S/C16H16N2S/c1-2-16(19-13-8-4-3-5-9-13)18-12-17-14-10-6-7-11-15(14)18/h3-12,16H,2H2,1H3. The van der Waals surface area contributed by atoms with Crippen molar-refractivity contribution in [3.8, 4) is 0 Å². The number of aromatic nitrogens is 2. The van der Waals surface area contributed by atoms with Gasteiger partial charge in [0.25, 0.3) is 0 Å². The lowest BCUT2D eigenvalue weighted by Crippen LogP contribution is -2.02. The normalized spacial score (nSPS) is 12.7. The van der Waals surface area contributed by atoms with Crippen LogP contribution in [-0.2, 0) is 0 Å². The smallest absolute Gasteiger partial charge is 0.0968 e. The van der Waals surface area contributed by atoms with Gasteiger partial charge in [-0.1, -0.05) is 37.3 Å². The van der Waals surface area contributed by atoms with Crippen LogP contribution in [-0.4, -0.2) is 9.55 Å². The van der Waals surface area contributed by atoms with Gasteiger partial charge in [0.2, 0.25) is 0 Å². The number of hydrogen-bond donors (Lipinski definition) is 0. The SMILES string of the molecule is CCC(Sc1ccccc1)n1cnc2ccccc21. The molecule has 0 aliphatic carbocycles. The fraction of sp³-hybridized carbons (Fsp3) is 0.188. The third-order valence-electron chi connectivity index (χ3n) is 3.16. The Morgan fingerprint density at radius 1 is 1.05 bits per heavy atom. The van der Waals surface area contributed by atoms with E-state index < -0.39 is 0 Å². The van der Waals surface area contributed by atoms with E-state index in [-0.39, 0.29) is 0 Å². The highest BCUT2D eigenvalue weighted by Gasteiger charge is 2.13. The molecule has 19 heavy (non-hydrogen) atoms. The molecule has 0 radical (unpaired) electrons. The summed E-state index contributed by atoms with van der Waals surface area (Å²) < 4.78 is 2.27. The van der Waals surface area contributed by atoms with E-state index >= 15 is 0 Å². The van der Waals surface area contributed by atoms with Crippen molar-refractivity contribution >= 4 is 22.8 Å². The molecule has 0 aliphatic rings. The zero-order chi connectivity index (χ0) is 13.1. The second kappa shape index (κ2) is 5.49. The maximum absolute atomic E-state index is 4.48. The fourth-order valence-electron chi connectivity index (χ4n) is 2.20. The van der Waals surface area contributed by atoms with Crippen LogP contribution in [0.1, 0.15) is 18.7 Å².